The van der Waals surface area contributed by atoms with Gasteiger partial charge in [0.1, 0.15) is 23.7 Å². The molecule has 2 aromatic heterocycles. The van der Waals surface area contributed by atoms with Gasteiger partial charge in [0, 0.05) is 19.3 Å². The largest absolute Gasteiger partial charge is 0.457 e. The molecule has 0 saturated heterocycles. The van der Waals surface area contributed by atoms with Gasteiger partial charge < -0.3 is 10.1 Å². The molecule has 0 bridgehead atoms. The van der Waals surface area contributed by atoms with E-state index < -0.39 is 11.9 Å². The maximum absolute atomic E-state index is 14.6. The lowest BCUT2D eigenvalue weighted by atomic mass is 10.1. The molecule has 0 saturated carbocycles. The van der Waals surface area contributed by atoms with E-state index in [4.69, 9.17) is 4.74 Å². The van der Waals surface area contributed by atoms with E-state index in [2.05, 4.69) is 15.4 Å². The van der Waals surface area contributed by atoms with E-state index in [1.54, 1.807) is 23.0 Å². The van der Waals surface area contributed by atoms with Crippen LogP contribution in [-0.4, -0.2) is 27.3 Å². The summed E-state index contributed by atoms with van der Waals surface area (Å²) in [6.07, 6.45) is 2.48. The van der Waals surface area contributed by atoms with Crippen LogP contribution in [-0.2, 0) is 17.9 Å². The van der Waals surface area contributed by atoms with Gasteiger partial charge in [0.2, 0.25) is 5.95 Å². The van der Waals surface area contributed by atoms with E-state index in [9.17, 15) is 9.18 Å². The number of anilines is 1. The van der Waals surface area contributed by atoms with Crippen LogP contribution >= 0.6 is 0 Å². The van der Waals surface area contributed by atoms with Crippen LogP contribution in [0.2, 0.25) is 0 Å². The number of benzene rings is 1. The van der Waals surface area contributed by atoms with Crippen LogP contribution in [0.5, 0.6) is 0 Å². The molecule has 3 rings (SSSR count). The Morgan fingerprint density at radius 3 is 2.64 bits per heavy atom. The molecule has 7 heteroatoms. The number of aryl methyl sites for hydroxylation is 1. The van der Waals surface area contributed by atoms with Gasteiger partial charge in [-0.3, -0.25) is 4.68 Å². The third-order valence-electron chi connectivity index (χ3n) is 4.18. The normalized spacial score (nSPS) is 10.7. The van der Waals surface area contributed by atoms with E-state index in [0.29, 0.717) is 18.9 Å². The fourth-order valence-corrected chi connectivity index (χ4v) is 2.69. The number of rotatable bonds is 8. The standard InChI is InChI=1S/C21H23FN4O2/c1-3-12-23-18-11-10-16(20(22)24-18)19-17(13-26(4-2)25-19)21(27)28-14-15-8-6-5-7-9-15/h5-11,13H,3-4,12,14H2,1-2H3,(H,23,24). The highest BCUT2D eigenvalue weighted by molar-refractivity contribution is 5.96. The average molecular weight is 382 g/mol. The second-order valence-electron chi connectivity index (χ2n) is 6.27. The molecule has 2 heterocycles. The van der Waals surface area contributed by atoms with Gasteiger partial charge in [-0.1, -0.05) is 37.3 Å². The zero-order chi connectivity index (χ0) is 19.9. The summed E-state index contributed by atoms with van der Waals surface area (Å²) in [7, 11) is 0. The summed E-state index contributed by atoms with van der Waals surface area (Å²) in [5.74, 6) is -0.781. The molecule has 146 valence electrons. The van der Waals surface area contributed by atoms with E-state index >= 15 is 0 Å². The second kappa shape index (κ2) is 9.12. The lowest BCUT2D eigenvalue weighted by Gasteiger charge is -2.07. The highest BCUT2D eigenvalue weighted by atomic mass is 19.1. The van der Waals surface area contributed by atoms with E-state index in [-0.39, 0.29) is 23.4 Å². The minimum absolute atomic E-state index is 0.136. The number of hydrogen-bond donors (Lipinski definition) is 1. The molecule has 0 aliphatic rings. The first-order valence-corrected chi connectivity index (χ1v) is 9.31. The maximum atomic E-state index is 14.6. The molecule has 1 aromatic carbocycles. The Labute approximate surface area is 163 Å². The third kappa shape index (κ3) is 4.54. The molecule has 0 radical (unpaired) electrons. The highest BCUT2D eigenvalue weighted by Crippen LogP contribution is 2.26. The molecule has 6 nitrogen and oxygen atoms in total. The minimum Gasteiger partial charge on any atom is -0.457 e. The van der Waals surface area contributed by atoms with Gasteiger partial charge in [-0.15, -0.1) is 0 Å². The average Bonchev–Trinajstić information content (AvgIpc) is 3.15. The highest BCUT2D eigenvalue weighted by Gasteiger charge is 2.22. The van der Waals surface area contributed by atoms with Crippen LogP contribution in [0.1, 0.15) is 36.2 Å². The Morgan fingerprint density at radius 2 is 1.96 bits per heavy atom. The molecule has 0 aliphatic carbocycles. The van der Waals surface area contributed by atoms with Gasteiger partial charge in [0.25, 0.3) is 0 Å². The predicted molar refractivity (Wildman–Crippen MR) is 105 cm³/mol. The van der Waals surface area contributed by atoms with Gasteiger partial charge >= 0.3 is 5.97 Å². The summed E-state index contributed by atoms with van der Waals surface area (Å²) in [5.41, 5.74) is 1.49. The van der Waals surface area contributed by atoms with E-state index in [1.165, 1.54) is 0 Å². The lowest BCUT2D eigenvalue weighted by Crippen LogP contribution is -2.07. The second-order valence-corrected chi connectivity index (χ2v) is 6.27. The van der Waals surface area contributed by atoms with Gasteiger partial charge in [0.05, 0.1) is 5.56 Å². The van der Waals surface area contributed by atoms with Crippen LogP contribution in [0, 0.1) is 5.95 Å². The van der Waals surface area contributed by atoms with Crippen molar-refractivity contribution in [3.8, 4) is 11.3 Å². The van der Waals surface area contributed by atoms with E-state index in [1.807, 2.05) is 44.2 Å². The number of nitrogens with one attached hydrogen (secondary N) is 1. The molecule has 3 aromatic rings. The zero-order valence-corrected chi connectivity index (χ0v) is 16.0. The van der Waals surface area contributed by atoms with Crippen LogP contribution in [0.4, 0.5) is 10.2 Å². The molecule has 0 aliphatic heterocycles. The number of halogens is 1. The van der Waals surface area contributed by atoms with Crippen molar-refractivity contribution in [2.24, 2.45) is 0 Å². The van der Waals surface area contributed by atoms with Crippen molar-refractivity contribution in [2.45, 2.75) is 33.4 Å². The lowest BCUT2D eigenvalue weighted by molar-refractivity contribution is 0.0473. The number of carbonyl (C=O) groups excluding carboxylic acids is 1. The smallest absolute Gasteiger partial charge is 0.342 e. The first kappa shape index (κ1) is 19.5. The number of ether oxygens (including phenoxy) is 1. The summed E-state index contributed by atoms with van der Waals surface area (Å²) < 4.78 is 21.6. The Bertz CT molecular complexity index is 941. The number of pyridine rings is 1. The number of hydrogen-bond acceptors (Lipinski definition) is 5. The molecular formula is C21H23FN4O2. The van der Waals surface area contributed by atoms with E-state index in [0.717, 1.165) is 12.0 Å². The first-order chi connectivity index (χ1) is 13.6. The monoisotopic (exact) mass is 382 g/mol. The zero-order valence-electron chi connectivity index (χ0n) is 16.0. The van der Waals surface area contributed by atoms with Crippen molar-refractivity contribution in [3.63, 3.8) is 0 Å². The third-order valence-corrected chi connectivity index (χ3v) is 4.18. The molecular weight excluding hydrogens is 359 g/mol. The summed E-state index contributed by atoms with van der Waals surface area (Å²) in [6.45, 7) is 5.29. The number of carbonyl (C=O) groups is 1. The SMILES string of the molecule is CCCNc1ccc(-c2nn(CC)cc2C(=O)OCc2ccccc2)c(F)n1. The van der Waals surface area contributed by atoms with Gasteiger partial charge in [-0.2, -0.15) is 9.49 Å². The Kier molecular flexibility index (Phi) is 6.37. The van der Waals surface area contributed by atoms with Crippen LogP contribution in [0.3, 0.4) is 0 Å². The van der Waals surface area contributed by atoms with Crippen molar-refractivity contribution in [1.82, 2.24) is 14.8 Å². The number of nitrogens with zero attached hydrogens (tertiary/aromatic N) is 3. The van der Waals surface area contributed by atoms with Crippen LogP contribution in [0.15, 0.2) is 48.7 Å². The molecule has 0 atom stereocenters. The van der Waals surface area contributed by atoms with Crippen molar-refractivity contribution < 1.29 is 13.9 Å². The van der Waals surface area contributed by atoms with Gasteiger partial charge in [0.15, 0.2) is 0 Å². The number of esters is 1. The summed E-state index contributed by atoms with van der Waals surface area (Å²) in [4.78, 5) is 16.6. The molecule has 0 amide bonds. The number of aromatic nitrogens is 3. The molecule has 0 fully saturated rings. The van der Waals surface area contributed by atoms with Crippen molar-refractivity contribution >= 4 is 11.8 Å². The molecule has 28 heavy (non-hydrogen) atoms. The molecule has 1 N–H and O–H groups in total. The Hall–Kier alpha value is -3.22. The van der Waals surface area contributed by atoms with Gasteiger partial charge in [-0.25, -0.2) is 9.78 Å². The van der Waals surface area contributed by atoms with Gasteiger partial charge in [-0.05, 0) is 31.0 Å². The maximum Gasteiger partial charge on any atom is 0.342 e. The van der Waals surface area contributed by atoms with Crippen molar-refractivity contribution in [3.05, 3.63) is 65.7 Å². The Balaban J connectivity index is 1.85. The molecule has 0 unspecified atom stereocenters. The van der Waals surface area contributed by atoms with Crippen LogP contribution in [0.25, 0.3) is 11.3 Å². The quantitative estimate of drug-likeness (QED) is 0.465. The van der Waals surface area contributed by atoms with Crippen molar-refractivity contribution in [1.29, 1.82) is 0 Å². The topological polar surface area (TPSA) is 69.0 Å². The predicted octanol–water partition coefficient (Wildman–Crippen LogP) is 4.28. The Morgan fingerprint density at radius 1 is 1.18 bits per heavy atom. The fraction of sp³-hybridized carbons (Fsp3) is 0.286. The van der Waals surface area contributed by atoms with Crippen molar-refractivity contribution in [2.75, 3.05) is 11.9 Å². The summed E-state index contributed by atoms with van der Waals surface area (Å²) >= 11 is 0. The first-order valence-electron chi connectivity index (χ1n) is 9.31. The summed E-state index contributed by atoms with van der Waals surface area (Å²) in [5, 5.41) is 7.38. The van der Waals surface area contributed by atoms with Crippen LogP contribution < -0.4 is 5.32 Å². The summed E-state index contributed by atoms with van der Waals surface area (Å²) in [6, 6.07) is 12.6. The molecule has 0 spiro atoms. The fourth-order valence-electron chi connectivity index (χ4n) is 2.69. The minimum atomic E-state index is -0.681.